The number of aliphatic hydroxyl groups excluding tert-OH is 1. The first-order valence-electron chi connectivity index (χ1n) is 4.59. The van der Waals surface area contributed by atoms with Gasteiger partial charge in [-0.1, -0.05) is 23.2 Å². The van der Waals surface area contributed by atoms with Gasteiger partial charge < -0.3 is 5.11 Å². The van der Waals surface area contributed by atoms with Crippen LogP contribution in [0, 0.1) is 0 Å². The molecule has 0 aromatic carbocycles. The monoisotopic (exact) mass is 254 g/mol. The van der Waals surface area contributed by atoms with Crippen LogP contribution in [-0.4, -0.2) is 15.1 Å². The quantitative estimate of drug-likeness (QED) is 0.839. The van der Waals surface area contributed by atoms with Crippen LogP contribution < -0.4 is 0 Å². The Hall–Kier alpha value is -1.16. The summed E-state index contributed by atoms with van der Waals surface area (Å²) in [5, 5.41) is 9.86. The van der Waals surface area contributed by atoms with E-state index in [1.165, 1.54) is 0 Å². The van der Waals surface area contributed by atoms with E-state index in [0.717, 1.165) is 5.56 Å². The van der Waals surface area contributed by atoms with E-state index in [4.69, 9.17) is 28.3 Å². The molecule has 2 rings (SSSR count). The zero-order chi connectivity index (χ0) is 11.5. The molecule has 0 saturated heterocycles. The van der Waals surface area contributed by atoms with Crippen molar-refractivity contribution in [3.63, 3.8) is 0 Å². The van der Waals surface area contributed by atoms with Gasteiger partial charge in [0.1, 0.15) is 10.8 Å². The van der Waals surface area contributed by atoms with Gasteiger partial charge in [0.05, 0.1) is 17.3 Å². The number of rotatable bonds is 2. The van der Waals surface area contributed by atoms with Crippen LogP contribution in [0.3, 0.4) is 0 Å². The lowest BCUT2D eigenvalue weighted by atomic mass is 10.2. The Balaban J connectivity index is 2.53. The lowest BCUT2D eigenvalue weighted by Gasteiger charge is -2.04. The van der Waals surface area contributed by atoms with Crippen LogP contribution >= 0.6 is 23.2 Å². The van der Waals surface area contributed by atoms with Crippen LogP contribution in [0.5, 0.6) is 0 Å². The maximum Gasteiger partial charge on any atom is 0.129 e. The average Bonchev–Trinajstić information content (AvgIpc) is 2.32. The summed E-state index contributed by atoms with van der Waals surface area (Å²) in [7, 11) is 0. The second-order valence-electron chi connectivity index (χ2n) is 3.17. The van der Waals surface area contributed by atoms with Crippen molar-refractivity contribution in [2.75, 3.05) is 0 Å². The third-order valence-corrected chi connectivity index (χ3v) is 2.58. The maximum atomic E-state index is 9.03. The first kappa shape index (κ1) is 11.3. The van der Waals surface area contributed by atoms with Gasteiger partial charge in [0.2, 0.25) is 0 Å². The highest BCUT2D eigenvalue weighted by molar-refractivity contribution is 6.34. The highest BCUT2D eigenvalue weighted by atomic mass is 35.5. The van der Waals surface area contributed by atoms with Crippen molar-refractivity contribution in [3.05, 3.63) is 46.2 Å². The molecule has 0 spiro atoms. The third-order valence-electron chi connectivity index (χ3n) is 2.06. The topological polar surface area (TPSA) is 46.0 Å². The van der Waals surface area contributed by atoms with Gasteiger partial charge in [0, 0.05) is 6.20 Å². The van der Waals surface area contributed by atoms with Crippen molar-refractivity contribution in [1.82, 2.24) is 9.97 Å². The van der Waals surface area contributed by atoms with Crippen molar-refractivity contribution < 1.29 is 5.11 Å². The largest absolute Gasteiger partial charge is 0.392 e. The van der Waals surface area contributed by atoms with E-state index in [0.29, 0.717) is 21.6 Å². The predicted molar refractivity (Wildman–Crippen MR) is 63.4 cm³/mol. The van der Waals surface area contributed by atoms with Gasteiger partial charge in [0.25, 0.3) is 0 Å². The molecule has 0 bridgehead atoms. The molecule has 0 amide bonds. The summed E-state index contributed by atoms with van der Waals surface area (Å²) in [6, 6.07) is 6.73. The third kappa shape index (κ3) is 2.32. The Morgan fingerprint density at radius 2 is 2.00 bits per heavy atom. The standard InChI is InChI=1S/C11H8Cl2N2O/c12-8-1-2-10(13)15-11(8)9-5-7(6-16)3-4-14-9/h1-5,16H,6H2. The fourth-order valence-electron chi connectivity index (χ4n) is 1.30. The Labute approximate surface area is 103 Å². The van der Waals surface area contributed by atoms with Crippen LogP contribution in [0.1, 0.15) is 5.56 Å². The minimum Gasteiger partial charge on any atom is -0.392 e. The summed E-state index contributed by atoms with van der Waals surface area (Å²) in [5.41, 5.74) is 1.87. The maximum absolute atomic E-state index is 9.03. The lowest BCUT2D eigenvalue weighted by molar-refractivity contribution is 0.282. The summed E-state index contributed by atoms with van der Waals surface area (Å²) >= 11 is 11.8. The van der Waals surface area contributed by atoms with Crippen LogP contribution in [0.2, 0.25) is 10.2 Å². The van der Waals surface area contributed by atoms with Crippen molar-refractivity contribution in [1.29, 1.82) is 0 Å². The molecular formula is C11H8Cl2N2O. The van der Waals surface area contributed by atoms with E-state index in [1.54, 1.807) is 30.5 Å². The molecule has 16 heavy (non-hydrogen) atoms. The van der Waals surface area contributed by atoms with E-state index < -0.39 is 0 Å². The fourth-order valence-corrected chi connectivity index (χ4v) is 1.65. The summed E-state index contributed by atoms with van der Waals surface area (Å²) in [4.78, 5) is 8.25. The summed E-state index contributed by atoms with van der Waals surface area (Å²) in [6.45, 7) is -0.0479. The molecule has 2 aromatic heterocycles. The number of hydrogen-bond donors (Lipinski definition) is 1. The molecule has 0 aliphatic rings. The number of aliphatic hydroxyl groups is 1. The Morgan fingerprint density at radius 3 is 2.75 bits per heavy atom. The zero-order valence-corrected chi connectivity index (χ0v) is 9.70. The number of nitrogens with zero attached hydrogens (tertiary/aromatic N) is 2. The number of aromatic nitrogens is 2. The van der Waals surface area contributed by atoms with E-state index >= 15 is 0 Å². The summed E-state index contributed by atoms with van der Waals surface area (Å²) in [6.07, 6.45) is 1.60. The number of halogens is 2. The van der Waals surface area contributed by atoms with Crippen molar-refractivity contribution in [3.8, 4) is 11.4 Å². The van der Waals surface area contributed by atoms with E-state index in [-0.39, 0.29) is 6.61 Å². The first-order valence-corrected chi connectivity index (χ1v) is 5.34. The first-order chi connectivity index (χ1) is 7.70. The van der Waals surface area contributed by atoms with Crippen molar-refractivity contribution >= 4 is 23.2 Å². The van der Waals surface area contributed by atoms with Crippen LogP contribution in [0.4, 0.5) is 0 Å². The Kier molecular flexibility index (Phi) is 3.39. The van der Waals surface area contributed by atoms with Crippen molar-refractivity contribution in [2.45, 2.75) is 6.61 Å². The molecule has 0 fully saturated rings. The second kappa shape index (κ2) is 4.78. The van der Waals surface area contributed by atoms with E-state index in [1.807, 2.05) is 0 Å². The van der Waals surface area contributed by atoms with Crippen LogP contribution in [0.15, 0.2) is 30.5 Å². The summed E-state index contributed by atoms with van der Waals surface area (Å²) in [5.74, 6) is 0. The molecule has 2 heterocycles. The number of pyridine rings is 2. The normalized spacial score (nSPS) is 10.4. The van der Waals surface area contributed by atoms with Crippen molar-refractivity contribution in [2.24, 2.45) is 0 Å². The minimum absolute atomic E-state index is 0.0479. The minimum atomic E-state index is -0.0479. The molecule has 1 N–H and O–H groups in total. The zero-order valence-electron chi connectivity index (χ0n) is 8.19. The number of hydrogen-bond acceptors (Lipinski definition) is 3. The van der Waals surface area contributed by atoms with Gasteiger partial charge in [-0.15, -0.1) is 0 Å². The molecule has 0 atom stereocenters. The highest BCUT2D eigenvalue weighted by Gasteiger charge is 2.08. The predicted octanol–water partition coefficient (Wildman–Crippen LogP) is 2.94. The molecule has 0 saturated carbocycles. The Morgan fingerprint density at radius 1 is 1.19 bits per heavy atom. The molecule has 5 heteroatoms. The lowest BCUT2D eigenvalue weighted by Crippen LogP contribution is -1.91. The van der Waals surface area contributed by atoms with Gasteiger partial charge in [-0.05, 0) is 29.8 Å². The van der Waals surface area contributed by atoms with Gasteiger partial charge in [0.15, 0.2) is 0 Å². The molecule has 0 unspecified atom stereocenters. The molecular weight excluding hydrogens is 247 g/mol. The molecule has 3 nitrogen and oxygen atoms in total. The second-order valence-corrected chi connectivity index (χ2v) is 3.97. The molecule has 2 aromatic rings. The van der Waals surface area contributed by atoms with Gasteiger partial charge in [-0.3, -0.25) is 4.98 Å². The van der Waals surface area contributed by atoms with Gasteiger partial charge >= 0.3 is 0 Å². The van der Waals surface area contributed by atoms with Gasteiger partial charge in [-0.2, -0.15) is 0 Å². The Bertz CT molecular complexity index is 517. The fraction of sp³-hybridized carbons (Fsp3) is 0.0909. The highest BCUT2D eigenvalue weighted by Crippen LogP contribution is 2.26. The van der Waals surface area contributed by atoms with E-state index in [2.05, 4.69) is 9.97 Å². The van der Waals surface area contributed by atoms with E-state index in [9.17, 15) is 0 Å². The molecule has 82 valence electrons. The van der Waals surface area contributed by atoms with Crippen LogP contribution in [-0.2, 0) is 6.61 Å². The molecule has 0 radical (unpaired) electrons. The van der Waals surface area contributed by atoms with Crippen LogP contribution in [0.25, 0.3) is 11.4 Å². The average molecular weight is 255 g/mol. The smallest absolute Gasteiger partial charge is 0.129 e. The summed E-state index contributed by atoms with van der Waals surface area (Å²) < 4.78 is 0. The SMILES string of the molecule is OCc1ccnc(-c2nc(Cl)ccc2Cl)c1. The van der Waals surface area contributed by atoms with Gasteiger partial charge in [-0.25, -0.2) is 4.98 Å². The molecule has 0 aliphatic heterocycles. The molecule has 0 aliphatic carbocycles.